The van der Waals surface area contributed by atoms with E-state index in [-0.39, 0.29) is 24.1 Å². The maximum Gasteiger partial charge on any atom is 0.410 e. The van der Waals surface area contributed by atoms with Gasteiger partial charge in [0, 0.05) is 6.08 Å². The molecule has 22 heavy (non-hydrogen) atoms. The minimum atomic E-state index is -0.353. The van der Waals surface area contributed by atoms with Crippen LogP contribution < -0.4 is 0 Å². The number of nitrogens with zero attached hydrogens (tertiary/aromatic N) is 1. The first-order valence-corrected chi connectivity index (χ1v) is 7.57. The molecule has 0 aromatic heterocycles. The van der Waals surface area contributed by atoms with Gasteiger partial charge in [0.1, 0.15) is 6.61 Å². The third kappa shape index (κ3) is 2.71. The molecule has 0 saturated carbocycles. The molecule has 0 N–H and O–H groups in total. The molecule has 0 bridgehead atoms. The van der Waals surface area contributed by atoms with Gasteiger partial charge in [0.25, 0.3) is 0 Å². The van der Waals surface area contributed by atoms with E-state index in [0.29, 0.717) is 19.6 Å². The molecule has 1 aliphatic heterocycles. The third-order valence-corrected chi connectivity index (χ3v) is 4.12. The molecule has 5 nitrogen and oxygen atoms in total. The number of hydrogen-bond donors (Lipinski definition) is 0. The highest BCUT2D eigenvalue weighted by molar-refractivity contribution is 5.81. The Labute approximate surface area is 129 Å². The smallest absolute Gasteiger partial charge is 0.410 e. The number of fused-ring (bicyclic) bond motifs is 1. The molecule has 0 spiro atoms. The first-order chi connectivity index (χ1) is 10.7. The summed E-state index contributed by atoms with van der Waals surface area (Å²) in [5, 5.41) is 0. The van der Waals surface area contributed by atoms with E-state index in [2.05, 4.69) is 12.1 Å². The zero-order chi connectivity index (χ0) is 15.5. The van der Waals surface area contributed by atoms with Crippen molar-refractivity contribution in [2.75, 3.05) is 13.2 Å². The monoisotopic (exact) mass is 301 g/mol. The average Bonchev–Trinajstić information content (AvgIpc) is 2.82. The predicted molar refractivity (Wildman–Crippen MR) is 80.3 cm³/mol. The van der Waals surface area contributed by atoms with E-state index in [1.807, 2.05) is 12.1 Å². The van der Waals surface area contributed by atoms with Crippen LogP contribution in [0.5, 0.6) is 0 Å². The Morgan fingerprint density at radius 3 is 3.05 bits per heavy atom. The fraction of sp³-hybridized carbons (Fsp3) is 0.412. The number of benzene rings is 1. The van der Waals surface area contributed by atoms with Gasteiger partial charge in [-0.05, 0) is 30.9 Å². The molecule has 1 aliphatic carbocycles. The Morgan fingerprint density at radius 1 is 1.45 bits per heavy atom. The van der Waals surface area contributed by atoms with Crippen molar-refractivity contribution in [3.05, 3.63) is 47.5 Å². The van der Waals surface area contributed by atoms with Crippen LogP contribution in [0.3, 0.4) is 0 Å². The molecule has 1 aromatic rings. The van der Waals surface area contributed by atoms with Crippen molar-refractivity contribution < 1.29 is 19.1 Å². The minimum absolute atomic E-state index is 0.0310. The zero-order valence-corrected chi connectivity index (χ0v) is 12.5. The number of carbonyl (C=O) groups excluding carboxylic acids is 2. The van der Waals surface area contributed by atoms with Gasteiger partial charge in [0.2, 0.25) is 0 Å². The van der Waals surface area contributed by atoms with E-state index in [1.54, 1.807) is 17.9 Å². The van der Waals surface area contributed by atoms with Crippen molar-refractivity contribution in [2.45, 2.75) is 31.8 Å². The molecule has 5 heteroatoms. The molecule has 2 atom stereocenters. The quantitative estimate of drug-likeness (QED) is 0.619. The summed E-state index contributed by atoms with van der Waals surface area (Å²) in [5.74, 6) is -0.353. The molecular weight excluding hydrogens is 282 g/mol. The number of cyclic esters (lactones) is 1. The highest BCUT2D eigenvalue weighted by Gasteiger charge is 2.42. The van der Waals surface area contributed by atoms with E-state index in [1.165, 1.54) is 17.2 Å². The summed E-state index contributed by atoms with van der Waals surface area (Å²) < 4.78 is 10.0. The van der Waals surface area contributed by atoms with Crippen LogP contribution >= 0.6 is 0 Å². The van der Waals surface area contributed by atoms with Crippen LogP contribution in [0.1, 0.15) is 30.5 Å². The molecule has 116 valence electrons. The number of carbonyl (C=O) groups is 2. The number of rotatable bonds is 5. The van der Waals surface area contributed by atoms with E-state index in [4.69, 9.17) is 9.47 Å². The van der Waals surface area contributed by atoms with Crippen LogP contribution in [0, 0.1) is 0 Å². The fourth-order valence-corrected chi connectivity index (χ4v) is 3.03. The van der Waals surface area contributed by atoms with Gasteiger partial charge in [0.05, 0.1) is 18.7 Å². The summed E-state index contributed by atoms with van der Waals surface area (Å²) >= 11 is 0. The number of amides is 1. The summed E-state index contributed by atoms with van der Waals surface area (Å²) in [6, 6.07) is 8.20. The maximum absolute atomic E-state index is 12.0. The van der Waals surface area contributed by atoms with Crippen LogP contribution in [-0.4, -0.2) is 36.2 Å². The lowest BCUT2D eigenvalue weighted by Crippen LogP contribution is -2.41. The molecule has 2 aliphatic rings. The number of ether oxygens (including phenoxy) is 2. The van der Waals surface area contributed by atoms with E-state index < -0.39 is 0 Å². The van der Waals surface area contributed by atoms with Crippen LogP contribution in [0.15, 0.2) is 36.4 Å². The van der Waals surface area contributed by atoms with Gasteiger partial charge >= 0.3 is 12.1 Å². The molecule has 1 saturated heterocycles. The fourth-order valence-electron chi connectivity index (χ4n) is 3.03. The lowest BCUT2D eigenvalue weighted by Gasteiger charge is -2.38. The summed E-state index contributed by atoms with van der Waals surface area (Å²) in [4.78, 5) is 25.1. The Balaban J connectivity index is 1.65. The first kappa shape index (κ1) is 14.6. The standard InChI is InChI=1S/C17H19NO4/c1-2-21-16(19)9-5-7-13-11-22-17(20)18(13)15-10-12-6-3-4-8-14(12)15/h3-6,8-9,13,15H,2,7,10-11H2,1H3/b9-5+/t13-,15?/m0/s1. The number of esters is 1. The molecule has 0 radical (unpaired) electrons. The molecule has 1 amide bonds. The highest BCUT2D eigenvalue weighted by atomic mass is 16.6. The third-order valence-electron chi connectivity index (χ3n) is 4.12. The normalized spacial score (nSPS) is 23.1. The number of hydrogen-bond acceptors (Lipinski definition) is 4. The second-order valence-electron chi connectivity index (χ2n) is 5.45. The lowest BCUT2D eigenvalue weighted by molar-refractivity contribution is -0.137. The van der Waals surface area contributed by atoms with Crippen LogP contribution in [0.25, 0.3) is 0 Å². The Bertz CT molecular complexity index is 610. The second-order valence-corrected chi connectivity index (χ2v) is 5.45. The minimum Gasteiger partial charge on any atom is -0.463 e. The predicted octanol–water partition coefficient (Wildman–Crippen LogP) is 2.61. The van der Waals surface area contributed by atoms with Gasteiger partial charge in [0.15, 0.2) is 0 Å². The lowest BCUT2D eigenvalue weighted by atomic mass is 9.82. The van der Waals surface area contributed by atoms with Crippen LogP contribution in [0.2, 0.25) is 0 Å². The van der Waals surface area contributed by atoms with Gasteiger partial charge < -0.3 is 9.47 Å². The Kier molecular flexibility index (Phi) is 4.13. The van der Waals surface area contributed by atoms with Crippen molar-refractivity contribution in [3.8, 4) is 0 Å². The molecule has 3 rings (SSSR count). The van der Waals surface area contributed by atoms with Crippen LogP contribution in [-0.2, 0) is 20.7 Å². The molecular formula is C17H19NO4. The van der Waals surface area contributed by atoms with Gasteiger partial charge in [-0.2, -0.15) is 0 Å². The summed E-state index contributed by atoms with van der Waals surface area (Å²) in [6.45, 7) is 2.49. The van der Waals surface area contributed by atoms with Crippen molar-refractivity contribution in [2.24, 2.45) is 0 Å². The van der Waals surface area contributed by atoms with Gasteiger partial charge in [-0.25, -0.2) is 9.59 Å². The topological polar surface area (TPSA) is 55.8 Å². The Morgan fingerprint density at radius 2 is 2.27 bits per heavy atom. The van der Waals surface area contributed by atoms with Crippen molar-refractivity contribution in [1.29, 1.82) is 0 Å². The Hall–Kier alpha value is -2.30. The molecule has 1 unspecified atom stereocenters. The average molecular weight is 301 g/mol. The summed E-state index contributed by atoms with van der Waals surface area (Å²) in [7, 11) is 0. The highest BCUT2D eigenvalue weighted by Crippen LogP contribution is 2.40. The largest absolute Gasteiger partial charge is 0.463 e. The van der Waals surface area contributed by atoms with Crippen LogP contribution in [0.4, 0.5) is 4.79 Å². The van der Waals surface area contributed by atoms with Gasteiger partial charge in [-0.3, -0.25) is 4.90 Å². The van der Waals surface area contributed by atoms with E-state index >= 15 is 0 Å². The SMILES string of the molecule is CCOC(=O)/C=C/C[C@H]1COC(=O)N1C1Cc2ccccc21. The summed E-state index contributed by atoms with van der Waals surface area (Å²) in [6.07, 6.45) is 4.35. The van der Waals surface area contributed by atoms with Gasteiger partial charge in [-0.1, -0.05) is 30.3 Å². The molecule has 1 fully saturated rings. The first-order valence-electron chi connectivity index (χ1n) is 7.57. The van der Waals surface area contributed by atoms with E-state index in [9.17, 15) is 9.59 Å². The maximum atomic E-state index is 12.0. The van der Waals surface area contributed by atoms with Crippen molar-refractivity contribution in [3.63, 3.8) is 0 Å². The summed E-state index contributed by atoms with van der Waals surface area (Å²) in [5.41, 5.74) is 2.48. The van der Waals surface area contributed by atoms with Crippen molar-refractivity contribution >= 4 is 12.1 Å². The van der Waals surface area contributed by atoms with Crippen molar-refractivity contribution in [1.82, 2.24) is 4.90 Å². The van der Waals surface area contributed by atoms with E-state index in [0.717, 1.165) is 6.42 Å². The second kappa shape index (κ2) is 6.22. The van der Waals surface area contributed by atoms with Gasteiger partial charge in [-0.15, -0.1) is 0 Å². The molecule has 1 aromatic carbocycles. The zero-order valence-electron chi connectivity index (χ0n) is 12.5. The molecule has 1 heterocycles.